The van der Waals surface area contributed by atoms with Crippen molar-refractivity contribution in [2.45, 2.75) is 13.8 Å². The lowest BCUT2D eigenvalue weighted by molar-refractivity contribution is -0.116. The van der Waals surface area contributed by atoms with Gasteiger partial charge in [-0.25, -0.2) is 0 Å². The number of hydrogen-bond donors (Lipinski definition) is 0. The van der Waals surface area contributed by atoms with Crippen LogP contribution >= 0.6 is 15.9 Å². The first kappa shape index (κ1) is 9.69. The van der Waals surface area contributed by atoms with Crippen molar-refractivity contribution < 1.29 is 9.53 Å². The summed E-state index contributed by atoms with van der Waals surface area (Å²) in [5.41, 5.74) is 0.926. The van der Waals surface area contributed by atoms with Crippen LogP contribution in [0.15, 0.2) is 11.3 Å². The van der Waals surface area contributed by atoms with E-state index in [9.17, 15) is 4.79 Å². The number of alkyl halides is 1. The second kappa shape index (κ2) is 4.50. The molecule has 58 valence electrons. The second-order valence-corrected chi connectivity index (χ2v) is 2.56. The smallest absolute Gasteiger partial charge is 0.194 e. The highest BCUT2D eigenvalue weighted by Gasteiger charge is 2.05. The minimum Gasteiger partial charge on any atom is -0.493 e. The van der Waals surface area contributed by atoms with E-state index < -0.39 is 0 Å². The van der Waals surface area contributed by atoms with E-state index in [1.54, 1.807) is 0 Å². The van der Waals surface area contributed by atoms with E-state index in [4.69, 9.17) is 4.74 Å². The first-order valence-corrected chi connectivity index (χ1v) is 4.06. The van der Waals surface area contributed by atoms with Crippen LogP contribution in [0.5, 0.6) is 0 Å². The van der Waals surface area contributed by atoms with Crippen LogP contribution in [0.2, 0.25) is 0 Å². The van der Waals surface area contributed by atoms with Gasteiger partial charge in [0.15, 0.2) is 11.5 Å². The number of carbonyl (C=O) groups excluding carboxylic acids is 1. The lowest BCUT2D eigenvalue weighted by Gasteiger charge is -2.03. The van der Waals surface area contributed by atoms with Crippen LogP contribution < -0.4 is 0 Å². The maximum Gasteiger partial charge on any atom is 0.194 e. The molecule has 0 aliphatic rings. The number of carbonyl (C=O) groups is 1. The molecule has 0 atom stereocenters. The van der Waals surface area contributed by atoms with Gasteiger partial charge in [0.05, 0.1) is 7.11 Å². The fourth-order valence-corrected chi connectivity index (χ4v) is 0.934. The Kier molecular flexibility index (Phi) is 4.36. The summed E-state index contributed by atoms with van der Waals surface area (Å²) in [6.45, 7) is 3.35. The lowest BCUT2D eigenvalue weighted by Crippen LogP contribution is -2.02. The number of methoxy groups -OCH3 is 1. The van der Waals surface area contributed by atoms with Gasteiger partial charge in [0.25, 0.3) is 0 Å². The van der Waals surface area contributed by atoms with Gasteiger partial charge >= 0.3 is 0 Å². The molecule has 0 aliphatic heterocycles. The molecule has 0 unspecified atom stereocenters. The molecule has 0 aromatic heterocycles. The Morgan fingerprint density at radius 3 is 2.10 bits per heavy atom. The average Bonchev–Trinajstić information content (AvgIpc) is 1.88. The van der Waals surface area contributed by atoms with Crippen molar-refractivity contribution in [1.82, 2.24) is 0 Å². The highest BCUT2D eigenvalue weighted by atomic mass is 79.9. The van der Waals surface area contributed by atoms with E-state index in [1.807, 2.05) is 6.92 Å². The third-order valence-corrected chi connectivity index (χ3v) is 1.95. The number of halogens is 1. The predicted octanol–water partition coefficient (Wildman–Crippen LogP) is 1.89. The molecule has 0 aliphatic carbocycles. The molecule has 0 bridgehead atoms. The summed E-state index contributed by atoms with van der Waals surface area (Å²) >= 11 is 3.23. The molecule has 0 aromatic rings. The van der Waals surface area contributed by atoms with E-state index in [1.165, 1.54) is 14.0 Å². The van der Waals surface area contributed by atoms with Gasteiger partial charge in [-0.15, -0.1) is 0 Å². The Morgan fingerprint density at radius 1 is 1.50 bits per heavy atom. The molecule has 10 heavy (non-hydrogen) atoms. The van der Waals surface area contributed by atoms with Crippen molar-refractivity contribution in [3.63, 3.8) is 0 Å². The standard InChI is InChI=1S/C7H11BrO2/c1-5(4-8)7(10-3)6(2)9/h4H2,1-3H3/b7-5+. The molecular formula is C7H11BrO2. The van der Waals surface area contributed by atoms with Crippen molar-refractivity contribution in [3.8, 4) is 0 Å². The number of Topliss-reactive ketones (excluding diaryl/α,β-unsaturated/α-hetero) is 1. The summed E-state index contributed by atoms with van der Waals surface area (Å²) in [5, 5.41) is 0.676. The van der Waals surface area contributed by atoms with Crippen molar-refractivity contribution in [2.24, 2.45) is 0 Å². The maximum absolute atomic E-state index is 10.8. The topological polar surface area (TPSA) is 26.3 Å². The molecule has 0 N–H and O–H groups in total. The van der Waals surface area contributed by atoms with Crippen LogP contribution in [0.4, 0.5) is 0 Å². The highest BCUT2D eigenvalue weighted by Crippen LogP contribution is 2.08. The molecule has 3 heteroatoms. The summed E-state index contributed by atoms with van der Waals surface area (Å²) in [6, 6.07) is 0. The fourth-order valence-electron chi connectivity index (χ4n) is 0.679. The number of ketones is 1. The molecule has 0 spiro atoms. The number of allylic oxidation sites excluding steroid dienone is 2. The van der Waals surface area contributed by atoms with Crippen LogP contribution in [-0.4, -0.2) is 18.2 Å². The summed E-state index contributed by atoms with van der Waals surface area (Å²) in [7, 11) is 1.50. The van der Waals surface area contributed by atoms with Crippen LogP contribution in [0.3, 0.4) is 0 Å². The first-order chi connectivity index (χ1) is 4.63. The van der Waals surface area contributed by atoms with Crippen LogP contribution in [-0.2, 0) is 9.53 Å². The van der Waals surface area contributed by atoms with Gasteiger partial charge in [-0.3, -0.25) is 4.79 Å². The van der Waals surface area contributed by atoms with Gasteiger partial charge in [0, 0.05) is 12.3 Å². The molecule has 0 amide bonds. The molecule has 0 rings (SSSR count). The SMILES string of the molecule is CO/C(C(C)=O)=C(\C)CBr. The Labute approximate surface area is 69.4 Å². The van der Waals surface area contributed by atoms with Crippen molar-refractivity contribution in [3.05, 3.63) is 11.3 Å². The zero-order valence-electron chi connectivity index (χ0n) is 6.40. The summed E-state index contributed by atoms with van der Waals surface area (Å²) in [6.07, 6.45) is 0. The van der Waals surface area contributed by atoms with Crippen molar-refractivity contribution in [2.75, 3.05) is 12.4 Å². The van der Waals surface area contributed by atoms with E-state index in [-0.39, 0.29) is 5.78 Å². The Bertz CT molecular complexity index is 161. The monoisotopic (exact) mass is 206 g/mol. The fraction of sp³-hybridized carbons (Fsp3) is 0.571. The summed E-state index contributed by atoms with van der Waals surface area (Å²) in [5.74, 6) is 0.427. The second-order valence-electron chi connectivity index (χ2n) is 2.00. The van der Waals surface area contributed by atoms with E-state index in [0.717, 1.165) is 5.57 Å². The van der Waals surface area contributed by atoms with Gasteiger partial charge in [-0.05, 0) is 12.5 Å². The molecule has 2 nitrogen and oxygen atoms in total. The number of rotatable bonds is 3. The average molecular weight is 207 g/mol. The van der Waals surface area contributed by atoms with Crippen LogP contribution in [0, 0.1) is 0 Å². The minimum absolute atomic E-state index is 0.0283. The normalized spacial score (nSPS) is 12.4. The van der Waals surface area contributed by atoms with Crippen molar-refractivity contribution >= 4 is 21.7 Å². The summed E-state index contributed by atoms with van der Waals surface area (Å²) in [4.78, 5) is 10.8. The maximum atomic E-state index is 10.8. The lowest BCUT2D eigenvalue weighted by atomic mass is 10.2. The minimum atomic E-state index is -0.0283. The zero-order chi connectivity index (χ0) is 8.15. The molecule has 0 saturated heterocycles. The van der Waals surface area contributed by atoms with Gasteiger partial charge in [0.1, 0.15) is 0 Å². The third kappa shape index (κ3) is 2.52. The first-order valence-electron chi connectivity index (χ1n) is 2.94. The van der Waals surface area contributed by atoms with Crippen LogP contribution in [0.25, 0.3) is 0 Å². The molecular weight excluding hydrogens is 196 g/mol. The van der Waals surface area contributed by atoms with E-state index >= 15 is 0 Å². The van der Waals surface area contributed by atoms with E-state index in [0.29, 0.717) is 11.1 Å². The van der Waals surface area contributed by atoms with Gasteiger partial charge in [-0.1, -0.05) is 15.9 Å². The predicted molar refractivity (Wildman–Crippen MR) is 44.2 cm³/mol. The van der Waals surface area contributed by atoms with Gasteiger partial charge in [-0.2, -0.15) is 0 Å². The van der Waals surface area contributed by atoms with Gasteiger partial charge in [0.2, 0.25) is 0 Å². The Hall–Kier alpha value is -0.310. The van der Waals surface area contributed by atoms with Gasteiger partial charge < -0.3 is 4.74 Å². The molecule has 0 fully saturated rings. The molecule has 0 saturated carbocycles. The van der Waals surface area contributed by atoms with E-state index in [2.05, 4.69) is 15.9 Å². The summed E-state index contributed by atoms with van der Waals surface area (Å²) < 4.78 is 4.86. The number of ether oxygens (including phenoxy) is 1. The highest BCUT2D eigenvalue weighted by molar-refractivity contribution is 9.09. The Morgan fingerprint density at radius 2 is 2.00 bits per heavy atom. The Balaban J connectivity index is 4.45. The zero-order valence-corrected chi connectivity index (χ0v) is 7.99. The number of hydrogen-bond acceptors (Lipinski definition) is 2. The largest absolute Gasteiger partial charge is 0.493 e. The van der Waals surface area contributed by atoms with Crippen LogP contribution in [0.1, 0.15) is 13.8 Å². The molecule has 0 heterocycles. The molecule has 0 aromatic carbocycles. The molecule has 0 radical (unpaired) electrons. The third-order valence-electron chi connectivity index (χ3n) is 1.11. The quantitative estimate of drug-likeness (QED) is 0.401. The van der Waals surface area contributed by atoms with Crippen molar-refractivity contribution in [1.29, 1.82) is 0 Å².